The van der Waals surface area contributed by atoms with Gasteiger partial charge in [-0.1, -0.05) is 35.2 Å². The highest BCUT2D eigenvalue weighted by molar-refractivity contribution is 8.17. The molecule has 0 aromatic heterocycles. The second kappa shape index (κ2) is 4.97. The van der Waals surface area contributed by atoms with Crippen LogP contribution in [0.4, 0.5) is 0 Å². The summed E-state index contributed by atoms with van der Waals surface area (Å²) in [6.07, 6.45) is 4.84. The van der Waals surface area contributed by atoms with Gasteiger partial charge in [0.2, 0.25) is 0 Å². The summed E-state index contributed by atoms with van der Waals surface area (Å²) in [6.45, 7) is 4.08. The fourth-order valence-electron chi connectivity index (χ4n) is 1.44. The Kier molecular flexibility index (Phi) is 4.09. The zero-order chi connectivity index (χ0) is 12.3. The summed E-state index contributed by atoms with van der Waals surface area (Å²) in [6, 6.07) is 0. The number of nitrogens with two attached hydrogens (primary N) is 2. The van der Waals surface area contributed by atoms with E-state index in [2.05, 4.69) is 6.92 Å². The molecule has 0 unspecified atom stereocenters. The molecule has 1 rings (SSSR count). The lowest BCUT2D eigenvalue weighted by Gasteiger charge is -2.31. The maximum atomic E-state index is 7.34. The smallest absolute Gasteiger partial charge is 0.155 e. The van der Waals surface area contributed by atoms with E-state index in [1.807, 2.05) is 19.1 Å². The number of nitrogens with one attached hydrogen (secondary N) is 2. The highest BCUT2D eigenvalue weighted by Crippen LogP contribution is 2.41. The lowest BCUT2D eigenvalue weighted by atomic mass is 9.93. The van der Waals surface area contributed by atoms with Gasteiger partial charge in [0.15, 0.2) is 10.3 Å². The minimum absolute atomic E-state index is 0.0955. The van der Waals surface area contributed by atoms with E-state index in [0.29, 0.717) is 0 Å². The zero-order valence-electron chi connectivity index (χ0n) is 9.33. The van der Waals surface area contributed by atoms with Crippen molar-refractivity contribution in [3.63, 3.8) is 0 Å². The van der Waals surface area contributed by atoms with Crippen LogP contribution in [0.15, 0.2) is 22.6 Å². The Labute approximate surface area is 104 Å². The minimum Gasteiger partial charge on any atom is -0.379 e. The van der Waals surface area contributed by atoms with E-state index in [1.54, 1.807) is 0 Å². The summed E-state index contributed by atoms with van der Waals surface area (Å²) >= 11 is 2.61. The Hall–Kier alpha value is -0.880. The summed E-state index contributed by atoms with van der Waals surface area (Å²) in [7, 11) is 0. The fourth-order valence-corrected chi connectivity index (χ4v) is 2.97. The molecule has 0 saturated carbocycles. The van der Waals surface area contributed by atoms with Gasteiger partial charge in [-0.2, -0.15) is 0 Å². The SMILES string of the molecule is CC1=CC(SC(=N)N)=CC[C@]1(C)SC(=N)N. The first-order valence-corrected chi connectivity index (χ1v) is 6.40. The molecule has 88 valence electrons. The first-order valence-electron chi connectivity index (χ1n) is 4.77. The highest BCUT2D eigenvalue weighted by Gasteiger charge is 2.30. The van der Waals surface area contributed by atoms with Crippen LogP contribution in [0.3, 0.4) is 0 Å². The van der Waals surface area contributed by atoms with Crippen molar-refractivity contribution in [3.8, 4) is 0 Å². The average Bonchev–Trinajstić information content (AvgIpc) is 2.10. The Morgan fingerprint density at radius 2 is 2.00 bits per heavy atom. The first-order chi connectivity index (χ1) is 7.33. The molecule has 6 N–H and O–H groups in total. The molecule has 1 atom stereocenters. The lowest BCUT2D eigenvalue weighted by Crippen LogP contribution is -2.27. The van der Waals surface area contributed by atoms with Crippen LogP contribution in [0.1, 0.15) is 20.3 Å². The summed E-state index contributed by atoms with van der Waals surface area (Å²) in [5.74, 6) is 0. The van der Waals surface area contributed by atoms with E-state index in [9.17, 15) is 0 Å². The van der Waals surface area contributed by atoms with Crippen LogP contribution >= 0.6 is 23.5 Å². The third-order valence-electron chi connectivity index (χ3n) is 2.45. The van der Waals surface area contributed by atoms with Crippen molar-refractivity contribution in [3.05, 3.63) is 22.6 Å². The van der Waals surface area contributed by atoms with E-state index in [4.69, 9.17) is 22.3 Å². The molecule has 1 aliphatic carbocycles. The molecular formula is C10H16N4S2. The topological polar surface area (TPSA) is 99.7 Å². The van der Waals surface area contributed by atoms with E-state index in [1.165, 1.54) is 23.5 Å². The predicted molar refractivity (Wildman–Crippen MR) is 73.9 cm³/mol. The Morgan fingerprint density at radius 1 is 1.38 bits per heavy atom. The van der Waals surface area contributed by atoms with Gasteiger partial charge in [-0.25, -0.2) is 0 Å². The van der Waals surface area contributed by atoms with E-state index in [0.717, 1.165) is 16.9 Å². The molecule has 0 aromatic carbocycles. The molecule has 6 heteroatoms. The van der Waals surface area contributed by atoms with Crippen molar-refractivity contribution in [2.75, 3.05) is 0 Å². The van der Waals surface area contributed by atoms with Crippen molar-refractivity contribution >= 4 is 33.9 Å². The summed E-state index contributed by atoms with van der Waals surface area (Å²) in [5.41, 5.74) is 11.9. The number of hydrogen-bond donors (Lipinski definition) is 4. The molecular weight excluding hydrogens is 240 g/mol. The second-order valence-electron chi connectivity index (χ2n) is 3.80. The number of hydrogen-bond acceptors (Lipinski definition) is 4. The Balaban J connectivity index is 2.80. The molecule has 0 heterocycles. The van der Waals surface area contributed by atoms with Crippen molar-refractivity contribution in [1.82, 2.24) is 0 Å². The van der Waals surface area contributed by atoms with Gasteiger partial charge in [0.25, 0.3) is 0 Å². The van der Waals surface area contributed by atoms with Gasteiger partial charge in [-0.05, 0) is 26.3 Å². The molecule has 0 saturated heterocycles. The molecule has 0 radical (unpaired) electrons. The van der Waals surface area contributed by atoms with E-state index >= 15 is 0 Å². The zero-order valence-corrected chi connectivity index (χ0v) is 11.0. The molecule has 4 nitrogen and oxygen atoms in total. The second-order valence-corrected chi connectivity index (χ2v) is 6.46. The summed E-state index contributed by atoms with van der Waals surface area (Å²) in [4.78, 5) is 0.992. The quantitative estimate of drug-likeness (QED) is 0.449. The number of amidine groups is 2. The summed E-state index contributed by atoms with van der Waals surface area (Å²) < 4.78 is -0.146. The normalized spacial score (nSPS) is 24.6. The van der Waals surface area contributed by atoms with Crippen LogP contribution < -0.4 is 11.5 Å². The van der Waals surface area contributed by atoms with Crippen molar-refractivity contribution in [2.24, 2.45) is 11.5 Å². The molecule has 0 aromatic rings. The van der Waals surface area contributed by atoms with Crippen LogP contribution in [0.25, 0.3) is 0 Å². The van der Waals surface area contributed by atoms with Gasteiger partial charge in [0.1, 0.15) is 0 Å². The first kappa shape index (κ1) is 13.2. The van der Waals surface area contributed by atoms with Gasteiger partial charge >= 0.3 is 0 Å². The third-order valence-corrected chi connectivity index (χ3v) is 4.35. The van der Waals surface area contributed by atoms with Gasteiger partial charge < -0.3 is 11.5 Å². The van der Waals surface area contributed by atoms with E-state index in [-0.39, 0.29) is 15.1 Å². The Morgan fingerprint density at radius 3 is 2.44 bits per heavy atom. The van der Waals surface area contributed by atoms with Crippen LogP contribution in [-0.2, 0) is 0 Å². The molecule has 0 spiro atoms. The van der Waals surface area contributed by atoms with Crippen molar-refractivity contribution < 1.29 is 0 Å². The molecule has 0 bridgehead atoms. The van der Waals surface area contributed by atoms with Crippen LogP contribution in [0, 0.1) is 10.8 Å². The molecule has 0 fully saturated rings. The minimum atomic E-state index is -0.146. The van der Waals surface area contributed by atoms with E-state index < -0.39 is 0 Å². The molecule has 0 aliphatic heterocycles. The van der Waals surface area contributed by atoms with Crippen LogP contribution in [0.5, 0.6) is 0 Å². The number of allylic oxidation sites excluding steroid dienone is 2. The predicted octanol–water partition coefficient (Wildman–Crippen LogP) is 2.23. The molecule has 1 aliphatic rings. The number of rotatable bonds is 2. The van der Waals surface area contributed by atoms with Gasteiger partial charge in [-0.3, -0.25) is 10.8 Å². The maximum absolute atomic E-state index is 7.34. The molecule has 16 heavy (non-hydrogen) atoms. The monoisotopic (exact) mass is 256 g/mol. The third kappa shape index (κ3) is 3.31. The van der Waals surface area contributed by atoms with Gasteiger partial charge in [0.05, 0.1) is 0 Å². The Bertz CT molecular complexity index is 386. The number of thioether (sulfide) groups is 2. The standard InChI is InChI=1S/C10H16N4S2/c1-6-5-7(15-8(11)12)3-4-10(6,2)16-9(13)14/h3,5H,4H2,1-2H3,(H3,11,12)(H3,13,14)/t10-/m0/s1. The highest BCUT2D eigenvalue weighted by atomic mass is 32.2. The largest absolute Gasteiger partial charge is 0.379 e. The van der Waals surface area contributed by atoms with Crippen molar-refractivity contribution in [2.45, 2.75) is 25.0 Å². The maximum Gasteiger partial charge on any atom is 0.155 e. The van der Waals surface area contributed by atoms with Crippen LogP contribution in [-0.4, -0.2) is 15.1 Å². The summed E-state index contributed by atoms with van der Waals surface area (Å²) in [5, 5.41) is 14.8. The lowest BCUT2D eigenvalue weighted by molar-refractivity contribution is 0.748. The van der Waals surface area contributed by atoms with Crippen LogP contribution in [0.2, 0.25) is 0 Å². The average molecular weight is 256 g/mol. The molecule has 0 amide bonds. The fraction of sp³-hybridized carbons (Fsp3) is 0.400. The van der Waals surface area contributed by atoms with Gasteiger partial charge in [-0.15, -0.1) is 0 Å². The van der Waals surface area contributed by atoms with Crippen molar-refractivity contribution in [1.29, 1.82) is 10.8 Å². The van der Waals surface area contributed by atoms with Gasteiger partial charge in [0, 0.05) is 9.65 Å².